The molecule has 0 atom stereocenters. The smallest absolute Gasteiger partial charge is 0.279 e. The second kappa shape index (κ2) is 8.05. The van der Waals surface area contributed by atoms with Gasteiger partial charge in [0.2, 0.25) is 0 Å². The predicted octanol–water partition coefficient (Wildman–Crippen LogP) is 2.86. The first-order chi connectivity index (χ1) is 12.6. The Kier molecular flexibility index (Phi) is 5.58. The third kappa shape index (κ3) is 4.23. The molecule has 2 aromatic rings. The minimum absolute atomic E-state index is 0.320. The van der Waals surface area contributed by atoms with Crippen LogP contribution in [0.5, 0.6) is 11.5 Å². The van der Waals surface area contributed by atoms with E-state index in [1.807, 2.05) is 26.0 Å². The number of thiophene rings is 1. The Morgan fingerprint density at radius 1 is 1.15 bits per heavy atom. The molecule has 0 aliphatic carbocycles. The van der Waals surface area contributed by atoms with Crippen molar-refractivity contribution in [2.45, 2.75) is 20.3 Å². The van der Waals surface area contributed by atoms with E-state index in [1.165, 1.54) is 22.3 Å². The monoisotopic (exact) mass is 372 g/mol. The molecule has 136 valence electrons. The predicted molar refractivity (Wildman–Crippen MR) is 101 cm³/mol. The Hall–Kier alpha value is -2.80. The first kappa shape index (κ1) is 18.0. The van der Waals surface area contributed by atoms with Gasteiger partial charge in [0, 0.05) is 11.0 Å². The highest BCUT2D eigenvalue weighted by atomic mass is 32.1. The summed E-state index contributed by atoms with van der Waals surface area (Å²) < 4.78 is 11.0. The molecule has 1 aromatic carbocycles. The number of carbonyl (C=O) groups excluding carboxylic acids is 2. The van der Waals surface area contributed by atoms with Gasteiger partial charge in [-0.1, -0.05) is 13.0 Å². The van der Waals surface area contributed by atoms with Crippen LogP contribution in [-0.4, -0.2) is 25.0 Å². The van der Waals surface area contributed by atoms with Crippen LogP contribution in [0, 0.1) is 6.92 Å². The number of hydrogen-bond donors (Lipinski definition) is 2. The number of nitrogens with one attached hydrogen (secondary N) is 2. The molecule has 26 heavy (non-hydrogen) atoms. The fourth-order valence-electron chi connectivity index (χ4n) is 2.54. The van der Waals surface area contributed by atoms with Crippen LogP contribution < -0.4 is 20.3 Å². The molecule has 0 fully saturated rings. The Morgan fingerprint density at radius 2 is 1.92 bits per heavy atom. The van der Waals surface area contributed by atoms with E-state index in [1.54, 1.807) is 18.2 Å². The molecule has 3 rings (SSSR count). The number of ether oxygens (including phenoxy) is 2. The third-order valence-electron chi connectivity index (χ3n) is 3.86. The normalized spacial score (nSPS) is 12.8. The summed E-state index contributed by atoms with van der Waals surface area (Å²) in [4.78, 5) is 25.7. The van der Waals surface area contributed by atoms with Crippen molar-refractivity contribution < 1.29 is 19.1 Å². The summed E-state index contributed by atoms with van der Waals surface area (Å²) in [6.45, 7) is 5.06. The summed E-state index contributed by atoms with van der Waals surface area (Å²) in [5.41, 5.74) is 6.70. The van der Waals surface area contributed by atoms with Crippen molar-refractivity contribution in [2.75, 3.05) is 13.2 Å². The Morgan fingerprint density at radius 3 is 2.65 bits per heavy atom. The van der Waals surface area contributed by atoms with Crippen molar-refractivity contribution >= 4 is 29.2 Å². The van der Waals surface area contributed by atoms with Gasteiger partial charge in [0.15, 0.2) is 11.5 Å². The molecular weight excluding hydrogens is 352 g/mol. The van der Waals surface area contributed by atoms with E-state index >= 15 is 0 Å². The average Bonchev–Trinajstić information content (AvgIpc) is 3.05. The van der Waals surface area contributed by atoms with Crippen LogP contribution in [0.25, 0.3) is 6.08 Å². The standard InChI is InChI=1S/C19H20N2O4S/c1-3-16-12(2)10-17(26-16)19(23)21-20-18(22)7-5-13-4-6-14-15(11-13)25-9-8-24-14/h4-7,10-11H,3,8-9H2,1-2H3,(H,20,22)(H,21,23)/b7-5+. The van der Waals surface area contributed by atoms with Crippen LogP contribution in [0.3, 0.4) is 0 Å². The van der Waals surface area contributed by atoms with Crippen molar-refractivity contribution in [1.82, 2.24) is 10.9 Å². The van der Waals surface area contributed by atoms with E-state index in [2.05, 4.69) is 10.9 Å². The number of carbonyl (C=O) groups is 2. The van der Waals surface area contributed by atoms with Gasteiger partial charge in [0.05, 0.1) is 4.88 Å². The molecule has 0 saturated carbocycles. The molecule has 7 heteroatoms. The minimum Gasteiger partial charge on any atom is -0.486 e. The Labute approximate surface area is 155 Å². The first-order valence-corrected chi connectivity index (χ1v) is 9.16. The lowest BCUT2D eigenvalue weighted by Gasteiger charge is -2.18. The maximum absolute atomic E-state index is 12.1. The van der Waals surface area contributed by atoms with E-state index in [0.717, 1.165) is 17.5 Å². The average molecular weight is 372 g/mol. The van der Waals surface area contributed by atoms with E-state index in [0.29, 0.717) is 29.6 Å². The lowest BCUT2D eigenvalue weighted by Crippen LogP contribution is -2.40. The van der Waals surface area contributed by atoms with Crippen LogP contribution in [0.15, 0.2) is 30.3 Å². The highest BCUT2D eigenvalue weighted by Gasteiger charge is 2.12. The molecule has 6 nitrogen and oxygen atoms in total. The van der Waals surface area contributed by atoms with Gasteiger partial charge < -0.3 is 9.47 Å². The Bertz CT molecular complexity index is 857. The zero-order chi connectivity index (χ0) is 18.5. The van der Waals surface area contributed by atoms with E-state index in [9.17, 15) is 9.59 Å². The number of amides is 2. The van der Waals surface area contributed by atoms with Gasteiger partial charge >= 0.3 is 0 Å². The maximum atomic E-state index is 12.1. The molecule has 2 N–H and O–H groups in total. The summed E-state index contributed by atoms with van der Waals surface area (Å²) >= 11 is 1.44. The molecule has 0 spiro atoms. The lowest BCUT2D eigenvalue weighted by molar-refractivity contribution is -0.117. The molecule has 1 aromatic heterocycles. The summed E-state index contributed by atoms with van der Waals surface area (Å²) in [6, 6.07) is 7.27. The van der Waals surface area contributed by atoms with Gasteiger partial charge in [-0.15, -0.1) is 11.3 Å². The fourth-order valence-corrected chi connectivity index (χ4v) is 3.55. The number of aryl methyl sites for hydroxylation is 2. The highest BCUT2D eigenvalue weighted by molar-refractivity contribution is 7.14. The molecule has 1 aliphatic rings. The molecule has 0 radical (unpaired) electrons. The van der Waals surface area contributed by atoms with Crippen molar-refractivity contribution in [3.05, 3.63) is 51.2 Å². The quantitative estimate of drug-likeness (QED) is 0.639. The number of fused-ring (bicyclic) bond motifs is 1. The fraction of sp³-hybridized carbons (Fsp3) is 0.263. The summed E-state index contributed by atoms with van der Waals surface area (Å²) in [5, 5.41) is 0. The van der Waals surface area contributed by atoms with Crippen molar-refractivity contribution in [2.24, 2.45) is 0 Å². The number of hydrogen-bond acceptors (Lipinski definition) is 5. The third-order valence-corrected chi connectivity index (χ3v) is 5.24. The molecule has 2 amide bonds. The van der Waals surface area contributed by atoms with E-state index in [4.69, 9.17) is 9.47 Å². The summed E-state index contributed by atoms with van der Waals surface area (Å²) in [6.07, 6.45) is 3.88. The topological polar surface area (TPSA) is 76.7 Å². The van der Waals surface area contributed by atoms with Crippen LogP contribution in [0.1, 0.15) is 32.6 Å². The number of benzene rings is 1. The second-order valence-electron chi connectivity index (χ2n) is 5.75. The Balaban J connectivity index is 1.55. The van der Waals surface area contributed by atoms with Crippen molar-refractivity contribution in [3.63, 3.8) is 0 Å². The van der Waals surface area contributed by atoms with Crippen LogP contribution in [0.4, 0.5) is 0 Å². The molecule has 2 heterocycles. The molecule has 0 bridgehead atoms. The molecular formula is C19H20N2O4S. The van der Waals surface area contributed by atoms with Gasteiger partial charge in [-0.25, -0.2) is 0 Å². The zero-order valence-corrected chi connectivity index (χ0v) is 15.4. The maximum Gasteiger partial charge on any atom is 0.279 e. The first-order valence-electron chi connectivity index (χ1n) is 8.34. The highest BCUT2D eigenvalue weighted by Crippen LogP contribution is 2.31. The van der Waals surface area contributed by atoms with Gasteiger partial charge in [-0.2, -0.15) is 0 Å². The molecule has 0 saturated heterocycles. The molecule has 1 aliphatic heterocycles. The SMILES string of the molecule is CCc1sc(C(=O)NNC(=O)/C=C/c2ccc3c(c2)OCCO3)cc1C. The van der Waals surface area contributed by atoms with Crippen LogP contribution in [-0.2, 0) is 11.2 Å². The number of hydrazine groups is 1. The molecule has 0 unspecified atom stereocenters. The van der Waals surface area contributed by atoms with Gasteiger partial charge in [0.25, 0.3) is 11.8 Å². The summed E-state index contributed by atoms with van der Waals surface area (Å²) in [5.74, 6) is 0.617. The minimum atomic E-state index is -0.419. The van der Waals surface area contributed by atoms with Crippen LogP contribution in [0.2, 0.25) is 0 Å². The zero-order valence-electron chi connectivity index (χ0n) is 14.6. The largest absolute Gasteiger partial charge is 0.486 e. The second-order valence-corrected chi connectivity index (χ2v) is 6.89. The van der Waals surface area contributed by atoms with Gasteiger partial charge in [-0.05, 0) is 48.7 Å². The summed E-state index contributed by atoms with van der Waals surface area (Å²) in [7, 11) is 0. The van der Waals surface area contributed by atoms with E-state index < -0.39 is 5.91 Å². The van der Waals surface area contributed by atoms with Crippen molar-refractivity contribution in [3.8, 4) is 11.5 Å². The van der Waals surface area contributed by atoms with Crippen LogP contribution >= 0.6 is 11.3 Å². The van der Waals surface area contributed by atoms with Gasteiger partial charge in [-0.3, -0.25) is 20.4 Å². The number of rotatable bonds is 4. The van der Waals surface area contributed by atoms with E-state index in [-0.39, 0.29) is 5.91 Å². The van der Waals surface area contributed by atoms with Gasteiger partial charge in [0.1, 0.15) is 13.2 Å². The lowest BCUT2D eigenvalue weighted by atomic mass is 10.2. The van der Waals surface area contributed by atoms with Crippen molar-refractivity contribution in [1.29, 1.82) is 0 Å².